The monoisotopic (exact) mass is 324 g/mol. The maximum Gasteiger partial charge on any atom is 0.221 e. The van der Waals surface area contributed by atoms with E-state index in [1.54, 1.807) is 12.3 Å². The summed E-state index contributed by atoms with van der Waals surface area (Å²) < 4.78 is 5.82. The first-order valence-corrected chi connectivity index (χ1v) is 7.29. The quantitative estimate of drug-likeness (QED) is 0.920. The van der Waals surface area contributed by atoms with Gasteiger partial charge in [0.2, 0.25) is 5.95 Å². The molecule has 0 radical (unpaired) electrons. The van der Waals surface area contributed by atoms with Crippen LogP contribution in [0.2, 0.25) is 10.0 Å². The summed E-state index contributed by atoms with van der Waals surface area (Å²) in [5.74, 6) is 1.07. The van der Waals surface area contributed by atoms with Gasteiger partial charge >= 0.3 is 0 Å². The zero-order valence-corrected chi connectivity index (χ0v) is 12.7. The summed E-state index contributed by atoms with van der Waals surface area (Å²) in [4.78, 5) is 10.3. The smallest absolute Gasteiger partial charge is 0.221 e. The lowest BCUT2D eigenvalue weighted by Crippen LogP contribution is -2.39. The number of nitrogens with zero attached hydrogens (tertiary/aromatic N) is 3. The number of anilines is 2. The summed E-state index contributed by atoms with van der Waals surface area (Å²) in [6.07, 6.45) is 1.58. The number of nitrogens with two attached hydrogens (primary N) is 1. The van der Waals surface area contributed by atoms with E-state index in [1.165, 1.54) is 0 Å². The van der Waals surface area contributed by atoms with Crippen molar-refractivity contribution < 1.29 is 4.74 Å². The SMILES string of the molecule is Nc1nccc(N2CCO[C@@H](c3ccc(Cl)c(Cl)c3)C2)n1. The standard InChI is InChI=1S/C14H14Cl2N4O/c15-10-2-1-9(7-11(10)16)12-8-20(5-6-21-12)13-3-4-18-14(17)19-13/h1-4,7,12H,5-6,8H2,(H2,17,18,19)/t12-/m1/s1. The first kappa shape index (κ1) is 14.4. The Labute approximate surface area is 132 Å². The Kier molecular flexibility index (Phi) is 4.14. The minimum absolute atomic E-state index is 0.0790. The Bertz CT molecular complexity index is 653. The van der Waals surface area contributed by atoms with Crippen LogP contribution in [0.5, 0.6) is 0 Å². The van der Waals surface area contributed by atoms with Crippen LogP contribution in [0.25, 0.3) is 0 Å². The van der Waals surface area contributed by atoms with Crippen molar-refractivity contribution in [1.82, 2.24) is 9.97 Å². The van der Waals surface area contributed by atoms with Gasteiger partial charge in [-0.15, -0.1) is 0 Å². The second-order valence-corrected chi connectivity index (χ2v) is 5.57. The highest BCUT2D eigenvalue weighted by molar-refractivity contribution is 6.42. The van der Waals surface area contributed by atoms with Crippen molar-refractivity contribution in [2.45, 2.75) is 6.10 Å². The van der Waals surface area contributed by atoms with E-state index in [2.05, 4.69) is 14.9 Å². The average Bonchev–Trinajstić information content (AvgIpc) is 2.50. The maximum absolute atomic E-state index is 6.07. The van der Waals surface area contributed by atoms with Crippen molar-refractivity contribution in [3.63, 3.8) is 0 Å². The van der Waals surface area contributed by atoms with Crippen molar-refractivity contribution in [1.29, 1.82) is 0 Å². The molecule has 0 spiro atoms. The first-order valence-electron chi connectivity index (χ1n) is 6.53. The number of ether oxygens (including phenoxy) is 1. The molecule has 0 aliphatic carbocycles. The normalized spacial score (nSPS) is 18.8. The molecule has 0 saturated carbocycles. The van der Waals surface area contributed by atoms with E-state index in [9.17, 15) is 0 Å². The molecule has 1 saturated heterocycles. The van der Waals surface area contributed by atoms with E-state index in [-0.39, 0.29) is 12.1 Å². The van der Waals surface area contributed by atoms with Crippen molar-refractivity contribution in [3.8, 4) is 0 Å². The molecule has 7 heteroatoms. The number of morpholine rings is 1. The largest absolute Gasteiger partial charge is 0.370 e. The predicted molar refractivity (Wildman–Crippen MR) is 83.8 cm³/mol. The van der Waals surface area contributed by atoms with E-state index in [0.29, 0.717) is 23.2 Å². The average molecular weight is 325 g/mol. The summed E-state index contributed by atoms with van der Waals surface area (Å²) in [5.41, 5.74) is 6.63. The fourth-order valence-electron chi connectivity index (χ4n) is 2.31. The molecule has 1 fully saturated rings. The Morgan fingerprint density at radius 1 is 1.24 bits per heavy atom. The molecule has 110 valence electrons. The number of aromatic nitrogens is 2. The second-order valence-electron chi connectivity index (χ2n) is 4.75. The van der Waals surface area contributed by atoms with Gasteiger partial charge in [0.05, 0.1) is 16.7 Å². The lowest BCUT2D eigenvalue weighted by Gasteiger charge is -2.34. The van der Waals surface area contributed by atoms with Crippen LogP contribution in [0, 0.1) is 0 Å². The molecule has 21 heavy (non-hydrogen) atoms. The van der Waals surface area contributed by atoms with Crippen LogP contribution in [0.1, 0.15) is 11.7 Å². The molecular formula is C14H14Cl2N4O. The lowest BCUT2D eigenvalue weighted by atomic mass is 10.1. The number of rotatable bonds is 2. The number of hydrogen-bond donors (Lipinski definition) is 1. The Hall–Kier alpha value is -1.56. The van der Waals surface area contributed by atoms with E-state index < -0.39 is 0 Å². The van der Waals surface area contributed by atoms with E-state index in [1.807, 2.05) is 18.2 Å². The number of hydrogen-bond acceptors (Lipinski definition) is 5. The van der Waals surface area contributed by atoms with Crippen molar-refractivity contribution in [2.75, 3.05) is 30.3 Å². The van der Waals surface area contributed by atoms with Gasteiger partial charge in [-0.05, 0) is 23.8 Å². The number of halogens is 2. The predicted octanol–water partition coefficient (Wildman–Crippen LogP) is 2.94. The number of nitrogen functional groups attached to an aromatic ring is 1. The highest BCUT2D eigenvalue weighted by atomic mass is 35.5. The molecule has 3 rings (SSSR count). The molecule has 5 nitrogen and oxygen atoms in total. The van der Waals surface area contributed by atoms with Gasteiger partial charge < -0.3 is 15.4 Å². The van der Waals surface area contributed by atoms with Gasteiger partial charge in [-0.1, -0.05) is 29.3 Å². The molecule has 2 aromatic rings. The summed E-state index contributed by atoms with van der Waals surface area (Å²) >= 11 is 12.0. The third-order valence-electron chi connectivity index (χ3n) is 3.37. The Balaban J connectivity index is 1.80. The highest BCUT2D eigenvalue weighted by Gasteiger charge is 2.23. The van der Waals surface area contributed by atoms with Gasteiger partial charge in [-0.2, -0.15) is 4.98 Å². The fraction of sp³-hybridized carbons (Fsp3) is 0.286. The van der Waals surface area contributed by atoms with Crippen LogP contribution in [0.4, 0.5) is 11.8 Å². The van der Waals surface area contributed by atoms with Crippen LogP contribution in [-0.4, -0.2) is 29.7 Å². The van der Waals surface area contributed by atoms with Gasteiger partial charge in [0.25, 0.3) is 0 Å². The molecule has 1 aromatic carbocycles. The summed E-state index contributed by atoms with van der Waals surface area (Å²) in [6, 6.07) is 7.39. The van der Waals surface area contributed by atoms with Gasteiger partial charge in [0.15, 0.2) is 0 Å². The zero-order chi connectivity index (χ0) is 14.8. The Morgan fingerprint density at radius 3 is 2.86 bits per heavy atom. The van der Waals surface area contributed by atoms with Gasteiger partial charge in [0, 0.05) is 19.3 Å². The van der Waals surface area contributed by atoms with Crippen molar-refractivity contribution in [3.05, 3.63) is 46.1 Å². The topological polar surface area (TPSA) is 64.3 Å². The molecule has 2 heterocycles. The molecule has 1 aromatic heterocycles. The Morgan fingerprint density at radius 2 is 2.10 bits per heavy atom. The van der Waals surface area contributed by atoms with Crippen LogP contribution < -0.4 is 10.6 Å². The van der Waals surface area contributed by atoms with Gasteiger partial charge in [-0.3, -0.25) is 0 Å². The van der Waals surface area contributed by atoms with Crippen molar-refractivity contribution in [2.24, 2.45) is 0 Å². The molecule has 1 aliphatic rings. The molecule has 0 amide bonds. The zero-order valence-electron chi connectivity index (χ0n) is 11.2. The fourth-order valence-corrected chi connectivity index (χ4v) is 2.62. The van der Waals surface area contributed by atoms with Crippen molar-refractivity contribution >= 4 is 35.0 Å². The lowest BCUT2D eigenvalue weighted by molar-refractivity contribution is 0.0395. The van der Waals surface area contributed by atoms with Gasteiger partial charge in [0.1, 0.15) is 11.9 Å². The molecule has 0 unspecified atom stereocenters. The minimum atomic E-state index is -0.0790. The summed E-state index contributed by atoms with van der Waals surface area (Å²) in [7, 11) is 0. The summed E-state index contributed by atoms with van der Waals surface area (Å²) in [5, 5.41) is 1.07. The molecule has 1 atom stereocenters. The third-order valence-corrected chi connectivity index (χ3v) is 4.10. The molecule has 1 aliphatic heterocycles. The molecule has 0 bridgehead atoms. The third kappa shape index (κ3) is 3.20. The van der Waals surface area contributed by atoms with E-state index >= 15 is 0 Å². The van der Waals surface area contributed by atoms with E-state index in [0.717, 1.165) is 17.9 Å². The second kappa shape index (κ2) is 6.05. The van der Waals surface area contributed by atoms with Crippen LogP contribution in [0.3, 0.4) is 0 Å². The van der Waals surface area contributed by atoms with Crippen LogP contribution in [-0.2, 0) is 4.74 Å². The summed E-state index contributed by atoms with van der Waals surface area (Å²) in [6.45, 7) is 2.04. The maximum atomic E-state index is 6.07. The van der Waals surface area contributed by atoms with Crippen LogP contribution >= 0.6 is 23.2 Å². The van der Waals surface area contributed by atoms with Gasteiger partial charge in [-0.25, -0.2) is 4.98 Å². The molecular weight excluding hydrogens is 311 g/mol. The number of benzene rings is 1. The van der Waals surface area contributed by atoms with E-state index in [4.69, 9.17) is 33.7 Å². The highest BCUT2D eigenvalue weighted by Crippen LogP contribution is 2.30. The first-order chi connectivity index (χ1) is 10.1. The van der Waals surface area contributed by atoms with Crippen LogP contribution in [0.15, 0.2) is 30.5 Å². The minimum Gasteiger partial charge on any atom is -0.370 e. The molecule has 2 N–H and O–H groups in total.